The average Bonchev–Trinajstić information content (AvgIpc) is 3.10. The smallest absolute Gasteiger partial charge is 0.255 e. The average molecular weight is 339 g/mol. The molecule has 0 bridgehead atoms. The molecule has 0 radical (unpaired) electrons. The molecule has 0 aromatic heterocycles. The van der Waals surface area contributed by atoms with E-state index in [2.05, 4.69) is 26.1 Å². The van der Waals surface area contributed by atoms with Gasteiger partial charge >= 0.3 is 0 Å². The fourth-order valence-electron chi connectivity index (χ4n) is 3.03. The number of carbonyl (C=O) groups excluding carboxylic acids is 1. The Kier molecular flexibility index (Phi) is 4.82. The van der Waals surface area contributed by atoms with Crippen LogP contribution in [0.1, 0.15) is 54.6 Å². The summed E-state index contributed by atoms with van der Waals surface area (Å²) in [6, 6.07) is 13.0. The zero-order valence-corrected chi connectivity index (χ0v) is 15.0. The monoisotopic (exact) mass is 339 g/mol. The van der Waals surface area contributed by atoms with Crippen molar-refractivity contribution < 1.29 is 14.6 Å². The molecule has 132 valence electrons. The molecule has 1 fully saturated rings. The molecule has 1 heterocycles. The van der Waals surface area contributed by atoms with Crippen molar-refractivity contribution in [2.75, 3.05) is 18.5 Å². The van der Waals surface area contributed by atoms with E-state index in [1.54, 1.807) is 12.1 Å². The Balaban J connectivity index is 1.82. The number of rotatable bonds is 3. The van der Waals surface area contributed by atoms with Gasteiger partial charge < -0.3 is 15.2 Å². The minimum Gasteiger partial charge on any atom is -0.506 e. The first-order chi connectivity index (χ1) is 11.8. The van der Waals surface area contributed by atoms with Crippen molar-refractivity contribution in [3.8, 4) is 5.75 Å². The number of nitrogens with one attached hydrogen (secondary N) is 1. The Morgan fingerprint density at radius 1 is 1.20 bits per heavy atom. The lowest BCUT2D eigenvalue weighted by molar-refractivity contribution is 0.102. The first-order valence-corrected chi connectivity index (χ1v) is 8.67. The maximum absolute atomic E-state index is 12.6. The van der Waals surface area contributed by atoms with E-state index < -0.39 is 0 Å². The number of benzene rings is 2. The molecule has 4 heteroatoms. The largest absolute Gasteiger partial charge is 0.506 e. The van der Waals surface area contributed by atoms with Crippen LogP contribution in [0.3, 0.4) is 0 Å². The van der Waals surface area contributed by atoms with E-state index in [9.17, 15) is 9.90 Å². The molecule has 4 nitrogen and oxygen atoms in total. The third-order valence-electron chi connectivity index (χ3n) is 4.66. The quantitative estimate of drug-likeness (QED) is 0.813. The van der Waals surface area contributed by atoms with E-state index in [1.807, 2.05) is 30.3 Å². The van der Waals surface area contributed by atoms with Crippen LogP contribution in [0, 0.1) is 0 Å². The standard InChI is InChI=1S/C21H25NO3/c1-21(2,3)17-7-8-19(23)18(12-17)22-20(24)15-6-4-5-14(11-15)16-9-10-25-13-16/h4-8,11-12,16,23H,9-10,13H2,1-3H3,(H,22,24). The molecule has 1 amide bonds. The van der Waals surface area contributed by atoms with E-state index in [-0.39, 0.29) is 17.1 Å². The first kappa shape index (κ1) is 17.5. The Morgan fingerprint density at radius 3 is 2.68 bits per heavy atom. The molecule has 0 saturated carbocycles. The number of phenolic OH excluding ortho intramolecular Hbond substituents is 1. The number of ether oxygens (including phenoxy) is 1. The van der Waals surface area contributed by atoms with Gasteiger partial charge in [-0.15, -0.1) is 0 Å². The zero-order chi connectivity index (χ0) is 18.0. The molecule has 1 saturated heterocycles. The predicted octanol–water partition coefficient (Wildman–Crippen LogP) is 4.45. The van der Waals surface area contributed by atoms with Crippen LogP contribution in [-0.2, 0) is 10.2 Å². The van der Waals surface area contributed by atoms with Crippen LogP contribution >= 0.6 is 0 Å². The highest BCUT2D eigenvalue weighted by molar-refractivity contribution is 6.05. The molecule has 1 aliphatic rings. The topological polar surface area (TPSA) is 58.6 Å². The van der Waals surface area contributed by atoms with E-state index >= 15 is 0 Å². The molecule has 2 aromatic rings. The molecule has 1 aliphatic heterocycles. The Morgan fingerprint density at radius 2 is 2.00 bits per heavy atom. The summed E-state index contributed by atoms with van der Waals surface area (Å²) in [6.45, 7) is 7.77. The van der Waals surface area contributed by atoms with Crippen molar-refractivity contribution in [1.82, 2.24) is 0 Å². The van der Waals surface area contributed by atoms with Gasteiger partial charge in [0.15, 0.2) is 0 Å². The molecule has 0 aliphatic carbocycles. The third kappa shape index (κ3) is 4.02. The van der Waals surface area contributed by atoms with Crippen molar-refractivity contribution in [2.24, 2.45) is 0 Å². The molecule has 1 atom stereocenters. The molecule has 0 spiro atoms. The van der Waals surface area contributed by atoms with Crippen LogP contribution in [0.15, 0.2) is 42.5 Å². The van der Waals surface area contributed by atoms with Gasteiger partial charge in [0.2, 0.25) is 0 Å². The van der Waals surface area contributed by atoms with Crippen molar-refractivity contribution in [3.05, 3.63) is 59.2 Å². The Hall–Kier alpha value is -2.33. The fourth-order valence-corrected chi connectivity index (χ4v) is 3.03. The lowest BCUT2D eigenvalue weighted by Crippen LogP contribution is -2.15. The van der Waals surface area contributed by atoms with Crippen LogP contribution in [0.2, 0.25) is 0 Å². The number of phenols is 1. The summed E-state index contributed by atoms with van der Waals surface area (Å²) in [5, 5.41) is 12.9. The fraction of sp³-hybridized carbons (Fsp3) is 0.381. The van der Waals surface area contributed by atoms with E-state index in [0.717, 1.165) is 24.2 Å². The molecular weight excluding hydrogens is 314 g/mol. The van der Waals surface area contributed by atoms with E-state index in [0.29, 0.717) is 23.8 Å². The first-order valence-electron chi connectivity index (χ1n) is 8.67. The zero-order valence-electron chi connectivity index (χ0n) is 15.0. The molecule has 1 unspecified atom stereocenters. The number of hydrogen-bond donors (Lipinski definition) is 2. The van der Waals surface area contributed by atoms with Gasteiger partial charge in [0.05, 0.1) is 12.3 Å². The second-order valence-corrected chi connectivity index (χ2v) is 7.62. The van der Waals surface area contributed by atoms with Gasteiger partial charge in [-0.25, -0.2) is 0 Å². The summed E-state index contributed by atoms with van der Waals surface area (Å²) in [7, 11) is 0. The highest BCUT2D eigenvalue weighted by Gasteiger charge is 2.20. The van der Waals surface area contributed by atoms with Gasteiger partial charge in [-0.05, 0) is 47.2 Å². The van der Waals surface area contributed by atoms with Gasteiger partial charge in [-0.2, -0.15) is 0 Å². The maximum atomic E-state index is 12.6. The van der Waals surface area contributed by atoms with Gasteiger partial charge in [-0.3, -0.25) is 4.79 Å². The lowest BCUT2D eigenvalue weighted by Gasteiger charge is -2.20. The highest BCUT2D eigenvalue weighted by Crippen LogP contribution is 2.31. The van der Waals surface area contributed by atoms with Crippen LogP contribution in [0.25, 0.3) is 0 Å². The van der Waals surface area contributed by atoms with Crippen molar-refractivity contribution in [3.63, 3.8) is 0 Å². The van der Waals surface area contributed by atoms with E-state index in [4.69, 9.17) is 4.74 Å². The summed E-state index contributed by atoms with van der Waals surface area (Å²) in [5.41, 5.74) is 3.14. The SMILES string of the molecule is CC(C)(C)c1ccc(O)c(NC(=O)c2cccc(C3CCOC3)c2)c1. The van der Waals surface area contributed by atoms with Crippen LogP contribution in [0.4, 0.5) is 5.69 Å². The summed E-state index contributed by atoms with van der Waals surface area (Å²) in [5.74, 6) is 0.203. The second-order valence-electron chi connectivity index (χ2n) is 7.62. The molecular formula is C21H25NO3. The molecule has 3 rings (SSSR count). The van der Waals surface area contributed by atoms with Crippen LogP contribution in [0.5, 0.6) is 5.75 Å². The summed E-state index contributed by atoms with van der Waals surface area (Å²) >= 11 is 0. The third-order valence-corrected chi connectivity index (χ3v) is 4.66. The number of aromatic hydroxyl groups is 1. The summed E-state index contributed by atoms with van der Waals surface area (Å²) in [4.78, 5) is 12.6. The molecule has 25 heavy (non-hydrogen) atoms. The van der Waals surface area contributed by atoms with Crippen molar-refractivity contribution in [2.45, 2.75) is 38.5 Å². The van der Waals surface area contributed by atoms with E-state index in [1.165, 1.54) is 0 Å². The second kappa shape index (κ2) is 6.89. The minimum absolute atomic E-state index is 0.0600. The molecule has 2 N–H and O–H groups in total. The van der Waals surface area contributed by atoms with Crippen molar-refractivity contribution in [1.29, 1.82) is 0 Å². The number of amides is 1. The number of hydrogen-bond acceptors (Lipinski definition) is 3. The Bertz CT molecular complexity index is 771. The number of anilines is 1. The predicted molar refractivity (Wildman–Crippen MR) is 99.4 cm³/mol. The molecule has 2 aromatic carbocycles. The van der Waals surface area contributed by atoms with Gasteiger partial charge in [0.25, 0.3) is 5.91 Å². The normalized spacial score (nSPS) is 17.5. The van der Waals surface area contributed by atoms with Gasteiger partial charge in [0.1, 0.15) is 5.75 Å². The number of carbonyl (C=O) groups is 1. The summed E-state index contributed by atoms with van der Waals surface area (Å²) < 4.78 is 5.43. The van der Waals surface area contributed by atoms with Crippen LogP contribution in [-0.4, -0.2) is 24.2 Å². The van der Waals surface area contributed by atoms with Gasteiger partial charge in [-0.1, -0.05) is 39.0 Å². The van der Waals surface area contributed by atoms with Gasteiger partial charge in [0, 0.05) is 18.1 Å². The van der Waals surface area contributed by atoms with Crippen LogP contribution < -0.4 is 5.32 Å². The Labute approximate surface area is 148 Å². The summed E-state index contributed by atoms with van der Waals surface area (Å²) in [6.07, 6.45) is 0.986. The highest BCUT2D eigenvalue weighted by atomic mass is 16.5. The minimum atomic E-state index is -0.220. The lowest BCUT2D eigenvalue weighted by atomic mass is 9.87. The maximum Gasteiger partial charge on any atom is 0.255 e. The van der Waals surface area contributed by atoms with Crippen molar-refractivity contribution >= 4 is 11.6 Å².